The SMILES string of the molecule is C=CC(=O)N1CCN(C(=S)c2cc(Cl)c(-c3cc(O)cc4ccccc34)c(F)c2N)C[C@@H]1C. The van der Waals surface area contributed by atoms with Gasteiger partial charge >= 0.3 is 0 Å². The maximum absolute atomic E-state index is 15.7. The Morgan fingerprint density at radius 3 is 2.73 bits per heavy atom. The van der Waals surface area contributed by atoms with E-state index in [2.05, 4.69) is 6.58 Å². The number of thiocarbonyl (C=S) groups is 1. The summed E-state index contributed by atoms with van der Waals surface area (Å²) in [6.07, 6.45) is 1.29. The van der Waals surface area contributed by atoms with Crippen molar-refractivity contribution in [1.29, 1.82) is 0 Å². The van der Waals surface area contributed by atoms with Gasteiger partial charge in [0.15, 0.2) is 5.82 Å². The second-order valence-electron chi connectivity index (χ2n) is 8.06. The number of phenols is 1. The van der Waals surface area contributed by atoms with Crippen molar-refractivity contribution in [2.75, 3.05) is 25.4 Å². The van der Waals surface area contributed by atoms with Gasteiger partial charge < -0.3 is 20.6 Å². The molecular weight excluding hydrogens is 461 g/mol. The molecule has 1 amide bonds. The average Bonchev–Trinajstić information content (AvgIpc) is 2.80. The van der Waals surface area contributed by atoms with Crippen LogP contribution in [0.15, 0.2) is 55.1 Å². The molecule has 0 aromatic heterocycles. The molecule has 1 heterocycles. The molecule has 33 heavy (non-hydrogen) atoms. The maximum Gasteiger partial charge on any atom is 0.246 e. The summed E-state index contributed by atoms with van der Waals surface area (Å²) in [6.45, 7) is 6.90. The molecule has 1 aliphatic heterocycles. The number of benzene rings is 3. The van der Waals surface area contributed by atoms with Crippen molar-refractivity contribution in [3.8, 4) is 16.9 Å². The summed E-state index contributed by atoms with van der Waals surface area (Å²) >= 11 is 12.2. The first-order chi connectivity index (χ1) is 15.7. The third-order valence-corrected chi connectivity index (χ3v) is 6.75. The number of phenolic OH excluding ortho intramolecular Hbond substituents is 1. The van der Waals surface area contributed by atoms with Crippen molar-refractivity contribution < 1.29 is 14.3 Å². The normalized spacial score (nSPS) is 16.2. The van der Waals surface area contributed by atoms with Crippen LogP contribution < -0.4 is 5.73 Å². The fraction of sp³-hybridized carbons (Fsp3) is 0.200. The molecule has 3 aromatic carbocycles. The lowest BCUT2D eigenvalue weighted by molar-refractivity contribution is -0.129. The molecule has 5 nitrogen and oxygen atoms in total. The molecule has 0 radical (unpaired) electrons. The Bertz CT molecular complexity index is 1300. The van der Waals surface area contributed by atoms with Crippen LogP contribution in [-0.4, -0.2) is 51.5 Å². The van der Waals surface area contributed by atoms with Crippen LogP contribution in [0.25, 0.3) is 21.9 Å². The first-order valence-electron chi connectivity index (χ1n) is 10.4. The molecule has 0 aliphatic carbocycles. The van der Waals surface area contributed by atoms with Gasteiger partial charge in [0.05, 0.1) is 10.7 Å². The zero-order chi connectivity index (χ0) is 23.9. The van der Waals surface area contributed by atoms with E-state index in [0.29, 0.717) is 35.7 Å². The van der Waals surface area contributed by atoms with E-state index in [1.807, 2.05) is 36.1 Å². The number of amides is 1. The molecule has 8 heteroatoms. The van der Waals surface area contributed by atoms with E-state index in [9.17, 15) is 9.90 Å². The predicted molar refractivity (Wildman–Crippen MR) is 135 cm³/mol. The predicted octanol–water partition coefficient (Wildman–Crippen LogP) is 4.98. The maximum atomic E-state index is 15.7. The molecule has 1 atom stereocenters. The van der Waals surface area contributed by atoms with Crippen molar-refractivity contribution in [3.63, 3.8) is 0 Å². The van der Waals surface area contributed by atoms with Crippen LogP contribution in [0.4, 0.5) is 10.1 Å². The molecule has 1 saturated heterocycles. The van der Waals surface area contributed by atoms with Gasteiger partial charge in [0.2, 0.25) is 5.91 Å². The molecule has 0 unspecified atom stereocenters. The fourth-order valence-electron chi connectivity index (χ4n) is 4.32. The summed E-state index contributed by atoms with van der Waals surface area (Å²) in [7, 11) is 0. The molecular formula is C25H23ClFN3O2S. The van der Waals surface area contributed by atoms with Crippen LogP contribution in [0.3, 0.4) is 0 Å². The zero-order valence-corrected chi connectivity index (χ0v) is 19.6. The number of halogens is 2. The Hall–Kier alpha value is -3.16. The first kappa shape index (κ1) is 23.0. The number of piperazine rings is 1. The molecule has 0 saturated carbocycles. The lowest BCUT2D eigenvalue weighted by Gasteiger charge is -2.40. The van der Waals surface area contributed by atoms with Crippen molar-refractivity contribution in [3.05, 3.63) is 71.5 Å². The summed E-state index contributed by atoms with van der Waals surface area (Å²) < 4.78 is 15.7. The fourth-order valence-corrected chi connectivity index (χ4v) is 4.95. The van der Waals surface area contributed by atoms with Gasteiger partial charge in [0, 0.05) is 36.8 Å². The number of fused-ring (bicyclic) bond motifs is 1. The van der Waals surface area contributed by atoms with E-state index >= 15 is 4.39 Å². The number of nitrogens with two attached hydrogens (primary N) is 1. The van der Waals surface area contributed by atoms with Gasteiger partial charge in [-0.3, -0.25) is 4.79 Å². The number of carbonyl (C=O) groups is 1. The van der Waals surface area contributed by atoms with Crippen molar-refractivity contribution >= 4 is 51.2 Å². The largest absolute Gasteiger partial charge is 0.508 e. The van der Waals surface area contributed by atoms with Crippen LogP contribution >= 0.6 is 23.8 Å². The molecule has 1 aliphatic rings. The van der Waals surface area contributed by atoms with Gasteiger partial charge in [0.25, 0.3) is 0 Å². The quantitative estimate of drug-likeness (QED) is 0.312. The molecule has 4 rings (SSSR count). The topological polar surface area (TPSA) is 69.8 Å². The number of aromatic hydroxyl groups is 1. The third kappa shape index (κ3) is 4.14. The van der Waals surface area contributed by atoms with Gasteiger partial charge in [-0.15, -0.1) is 0 Å². The molecule has 0 spiro atoms. The van der Waals surface area contributed by atoms with E-state index < -0.39 is 5.82 Å². The van der Waals surface area contributed by atoms with Gasteiger partial charge in [-0.05, 0) is 47.5 Å². The average molecular weight is 484 g/mol. The van der Waals surface area contributed by atoms with E-state index in [4.69, 9.17) is 29.6 Å². The summed E-state index contributed by atoms with van der Waals surface area (Å²) in [5.41, 5.74) is 7.01. The Kier molecular flexibility index (Phi) is 6.28. The lowest BCUT2D eigenvalue weighted by atomic mass is 9.95. The van der Waals surface area contributed by atoms with E-state index in [1.165, 1.54) is 12.1 Å². The number of anilines is 1. The smallest absolute Gasteiger partial charge is 0.246 e. The Morgan fingerprint density at radius 2 is 2.03 bits per heavy atom. The number of hydrogen-bond acceptors (Lipinski definition) is 4. The summed E-state index contributed by atoms with van der Waals surface area (Å²) in [5.74, 6) is -0.827. The van der Waals surface area contributed by atoms with Crippen molar-refractivity contribution in [2.45, 2.75) is 13.0 Å². The standard InChI is InChI=1S/C25H23ClFN3O2S/c1-3-21(32)30-9-8-29(13-14(30)2)25(33)19-12-20(26)22(23(27)24(19)28)18-11-16(31)10-15-6-4-5-7-17(15)18/h3-7,10-12,14,31H,1,8-9,13,28H2,2H3/t14-/m0/s1. The van der Waals surface area contributed by atoms with Crippen LogP contribution in [-0.2, 0) is 4.79 Å². The summed E-state index contributed by atoms with van der Waals surface area (Å²) in [6, 6.07) is 11.9. The molecule has 170 valence electrons. The molecule has 0 bridgehead atoms. The highest BCUT2D eigenvalue weighted by Crippen LogP contribution is 2.41. The molecule has 3 aromatic rings. The highest BCUT2D eigenvalue weighted by molar-refractivity contribution is 7.80. The van der Waals surface area contributed by atoms with Gasteiger partial charge in [-0.2, -0.15) is 0 Å². The van der Waals surface area contributed by atoms with Crippen LogP contribution in [0, 0.1) is 5.82 Å². The lowest BCUT2D eigenvalue weighted by Crippen LogP contribution is -2.55. The minimum atomic E-state index is -0.691. The highest BCUT2D eigenvalue weighted by Gasteiger charge is 2.29. The number of nitrogen functional groups attached to an aromatic ring is 1. The summed E-state index contributed by atoms with van der Waals surface area (Å²) in [4.78, 5) is 16.0. The van der Waals surface area contributed by atoms with Crippen LogP contribution in [0.2, 0.25) is 5.02 Å². The van der Waals surface area contributed by atoms with Crippen molar-refractivity contribution in [1.82, 2.24) is 9.80 Å². The zero-order valence-electron chi connectivity index (χ0n) is 18.0. The molecule has 3 N–H and O–H groups in total. The Labute approximate surface area is 201 Å². The van der Waals surface area contributed by atoms with Crippen molar-refractivity contribution in [2.24, 2.45) is 0 Å². The summed E-state index contributed by atoms with van der Waals surface area (Å²) in [5, 5.41) is 11.8. The number of nitrogens with zero attached hydrogens (tertiary/aromatic N) is 2. The minimum absolute atomic E-state index is 0.00161. The molecule has 1 fully saturated rings. The monoisotopic (exact) mass is 483 g/mol. The number of rotatable bonds is 3. The first-order valence-corrected chi connectivity index (χ1v) is 11.2. The minimum Gasteiger partial charge on any atom is -0.508 e. The third-order valence-electron chi connectivity index (χ3n) is 5.97. The Balaban J connectivity index is 1.73. The number of hydrogen-bond donors (Lipinski definition) is 2. The second kappa shape index (κ2) is 9.00. The highest BCUT2D eigenvalue weighted by atomic mass is 35.5. The van der Waals surface area contributed by atoms with Gasteiger partial charge in [-0.1, -0.05) is 54.7 Å². The van der Waals surface area contributed by atoms with E-state index in [1.54, 1.807) is 17.0 Å². The Morgan fingerprint density at radius 1 is 1.30 bits per heavy atom. The van der Waals surface area contributed by atoms with Gasteiger partial charge in [0.1, 0.15) is 10.7 Å². The van der Waals surface area contributed by atoms with Crippen LogP contribution in [0.5, 0.6) is 5.75 Å². The second-order valence-corrected chi connectivity index (χ2v) is 8.85. The van der Waals surface area contributed by atoms with Crippen LogP contribution in [0.1, 0.15) is 12.5 Å². The number of carbonyl (C=O) groups excluding carboxylic acids is 1. The van der Waals surface area contributed by atoms with E-state index in [-0.39, 0.29) is 34.0 Å². The van der Waals surface area contributed by atoms with Gasteiger partial charge in [-0.25, -0.2) is 4.39 Å². The van der Waals surface area contributed by atoms with E-state index in [0.717, 1.165) is 10.8 Å².